The van der Waals surface area contributed by atoms with E-state index in [-0.39, 0.29) is 17.8 Å². The normalized spacial score (nSPS) is 9.55. The summed E-state index contributed by atoms with van der Waals surface area (Å²) in [4.78, 5) is 0. The first kappa shape index (κ1) is 14.1. The lowest BCUT2D eigenvalue weighted by atomic mass is 9.79. The van der Waals surface area contributed by atoms with Gasteiger partial charge in [0.05, 0.1) is 0 Å². The Balaban J connectivity index is 2.03. The van der Waals surface area contributed by atoms with Crippen LogP contribution in [0.15, 0.2) is 48.5 Å². The molecule has 5 heteroatoms. The Morgan fingerprint density at radius 2 is 1.85 bits per heavy atom. The smallest absolute Gasteiger partial charge is 0.481 e. The second-order valence-electron chi connectivity index (χ2n) is 4.01. The van der Waals surface area contributed by atoms with Gasteiger partial charge in [-0.25, -0.2) is 4.39 Å². The van der Waals surface area contributed by atoms with Crippen LogP contribution in [0.4, 0.5) is 4.39 Å². The van der Waals surface area contributed by atoms with E-state index in [0.717, 1.165) is 11.6 Å². The molecule has 20 heavy (non-hydrogen) atoms. The van der Waals surface area contributed by atoms with Crippen molar-refractivity contribution in [1.29, 1.82) is 0 Å². The van der Waals surface area contributed by atoms with Crippen molar-refractivity contribution < 1.29 is 19.2 Å². The van der Waals surface area contributed by atoms with Gasteiger partial charge in [-0.05, 0) is 30.3 Å². The SMILES string of the molecule is OB(O)c1cc(F)ccc1OCC#Cc1ccccc1. The lowest BCUT2D eigenvalue weighted by Gasteiger charge is -2.08. The third kappa shape index (κ3) is 3.85. The van der Waals surface area contributed by atoms with Gasteiger partial charge in [0.25, 0.3) is 0 Å². The Morgan fingerprint density at radius 3 is 2.55 bits per heavy atom. The van der Waals surface area contributed by atoms with Crippen LogP contribution in [0.1, 0.15) is 5.56 Å². The van der Waals surface area contributed by atoms with Crippen LogP contribution in [0.5, 0.6) is 5.75 Å². The number of hydrogen-bond donors (Lipinski definition) is 2. The summed E-state index contributed by atoms with van der Waals surface area (Å²) in [6, 6.07) is 12.9. The second kappa shape index (κ2) is 6.76. The van der Waals surface area contributed by atoms with Crippen LogP contribution in [0.3, 0.4) is 0 Å². The molecule has 2 aromatic carbocycles. The van der Waals surface area contributed by atoms with E-state index in [4.69, 9.17) is 14.8 Å². The van der Waals surface area contributed by atoms with Crippen molar-refractivity contribution in [2.45, 2.75) is 0 Å². The minimum atomic E-state index is -1.79. The molecule has 0 heterocycles. The predicted molar refractivity (Wildman–Crippen MR) is 75.0 cm³/mol. The summed E-state index contributed by atoms with van der Waals surface area (Å²) in [6.07, 6.45) is 0. The summed E-state index contributed by atoms with van der Waals surface area (Å²) in [5, 5.41) is 18.3. The van der Waals surface area contributed by atoms with E-state index in [2.05, 4.69) is 11.8 Å². The highest BCUT2D eigenvalue weighted by atomic mass is 19.1. The zero-order valence-electron chi connectivity index (χ0n) is 10.6. The van der Waals surface area contributed by atoms with Gasteiger partial charge in [-0.2, -0.15) is 0 Å². The molecule has 0 bridgehead atoms. The molecule has 0 aromatic heterocycles. The van der Waals surface area contributed by atoms with Gasteiger partial charge in [-0.3, -0.25) is 0 Å². The van der Waals surface area contributed by atoms with Crippen molar-refractivity contribution >= 4 is 12.6 Å². The lowest BCUT2D eigenvalue weighted by molar-refractivity contribution is 0.367. The van der Waals surface area contributed by atoms with Gasteiger partial charge in [0.2, 0.25) is 0 Å². The molecule has 0 fully saturated rings. The van der Waals surface area contributed by atoms with Crippen LogP contribution in [0, 0.1) is 17.7 Å². The topological polar surface area (TPSA) is 49.7 Å². The Kier molecular flexibility index (Phi) is 4.77. The highest BCUT2D eigenvalue weighted by Crippen LogP contribution is 2.09. The molecule has 0 spiro atoms. The first-order valence-corrected chi connectivity index (χ1v) is 5.99. The first-order chi connectivity index (χ1) is 9.66. The monoisotopic (exact) mass is 270 g/mol. The molecule has 0 saturated heterocycles. The van der Waals surface area contributed by atoms with E-state index in [0.29, 0.717) is 0 Å². The fourth-order valence-electron chi connectivity index (χ4n) is 1.63. The van der Waals surface area contributed by atoms with Crippen LogP contribution in [-0.2, 0) is 0 Å². The minimum absolute atomic E-state index is 0.0217. The third-order valence-corrected chi connectivity index (χ3v) is 2.56. The van der Waals surface area contributed by atoms with Gasteiger partial charge in [0.1, 0.15) is 18.2 Å². The molecule has 0 aliphatic carbocycles. The molecule has 0 saturated carbocycles. The van der Waals surface area contributed by atoms with E-state index >= 15 is 0 Å². The summed E-state index contributed by atoms with van der Waals surface area (Å²) in [5.74, 6) is 5.34. The van der Waals surface area contributed by atoms with E-state index in [1.807, 2.05) is 30.3 Å². The fraction of sp³-hybridized carbons (Fsp3) is 0.0667. The van der Waals surface area contributed by atoms with Crippen LogP contribution in [-0.4, -0.2) is 23.8 Å². The van der Waals surface area contributed by atoms with Crippen LogP contribution >= 0.6 is 0 Å². The van der Waals surface area contributed by atoms with E-state index in [1.54, 1.807) is 0 Å². The molecule has 0 aliphatic rings. The average molecular weight is 270 g/mol. The molecule has 2 aromatic rings. The summed E-state index contributed by atoms with van der Waals surface area (Å²) < 4.78 is 18.3. The molecular formula is C15H12BFO3. The fourth-order valence-corrected chi connectivity index (χ4v) is 1.63. The predicted octanol–water partition coefficient (Wildman–Crippen LogP) is 0.936. The molecule has 100 valence electrons. The Bertz CT molecular complexity index is 633. The maximum atomic E-state index is 13.0. The highest BCUT2D eigenvalue weighted by molar-refractivity contribution is 6.59. The third-order valence-electron chi connectivity index (χ3n) is 2.56. The maximum Gasteiger partial charge on any atom is 0.492 e. The van der Waals surface area contributed by atoms with Gasteiger partial charge < -0.3 is 14.8 Å². The summed E-state index contributed by atoms with van der Waals surface area (Å²) in [7, 11) is -1.79. The number of hydrogen-bond acceptors (Lipinski definition) is 3. The first-order valence-electron chi connectivity index (χ1n) is 5.99. The number of benzene rings is 2. The van der Waals surface area contributed by atoms with E-state index in [1.165, 1.54) is 12.1 Å². The number of ether oxygens (including phenoxy) is 1. The largest absolute Gasteiger partial charge is 0.492 e. The average Bonchev–Trinajstić information content (AvgIpc) is 2.45. The molecule has 3 nitrogen and oxygen atoms in total. The Morgan fingerprint density at radius 1 is 1.10 bits per heavy atom. The van der Waals surface area contributed by atoms with Crippen LogP contribution < -0.4 is 10.2 Å². The Hall–Kier alpha value is -2.29. The van der Waals surface area contributed by atoms with Crippen LogP contribution in [0.25, 0.3) is 0 Å². The van der Waals surface area contributed by atoms with Crippen molar-refractivity contribution in [1.82, 2.24) is 0 Å². The summed E-state index contributed by atoms with van der Waals surface area (Å²) in [5.41, 5.74) is 0.837. The van der Waals surface area contributed by atoms with Gasteiger partial charge >= 0.3 is 7.12 Å². The van der Waals surface area contributed by atoms with Crippen molar-refractivity contribution in [3.05, 3.63) is 59.9 Å². The zero-order chi connectivity index (χ0) is 14.4. The maximum absolute atomic E-state index is 13.0. The molecule has 0 radical (unpaired) electrons. The van der Waals surface area contributed by atoms with E-state index in [9.17, 15) is 4.39 Å². The van der Waals surface area contributed by atoms with Gasteiger partial charge in [-0.15, -0.1) is 0 Å². The van der Waals surface area contributed by atoms with Crippen molar-refractivity contribution in [2.24, 2.45) is 0 Å². The van der Waals surface area contributed by atoms with Crippen molar-refractivity contribution in [3.8, 4) is 17.6 Å². The second-order valence-corrected chi connectivity index (χ2v) is 4.01. The quantitative estimate of drug-likeness (QED) is 0.644. The van der Waals surface area contributed by atoms with E-state index < -0.39 is 12.9 Å². The molecule has 0 unspecified atom stereocenters. The molecular weight excluding hydrogens is 258 g/mol. The summed E-state index contributed by atoms with van der Waals surface area (Å²) in [6.45, 7) is 0.0697. The highest BCUT2D eigenvalue weighted by Gasteiger charge is 2.17. The zero-order valence-corrected chi connectivity index (χ0v) is 10.6. The Labute approximate surface area is 116 Å². The number of halogens is 1. The molecule has 0 aliphatic heterocycles. The molecule has 2 N–H and O–H groups in total. The van der Waals surface area contributed by atoms with Gasteiger partial charge in [-0.1, -0.05) is 30.0 Å². The lowest BCUT2D eigenvalue weighted by Crippen LogP contribution is -2.31. The number of rotatable bonds is 3. The summed E-state index contributed by atoms with van der Waals surface area (Å²) >= 11 is 0. The molecule has 0 atom stereocenters. The molecule has 2 rings (SSSR count). The standard InChI is InChI=1S/C15H12BFO3/c17-13-8-9-15(14(11-13)16(18)19)20-10-4-7-12-5-2-1-3-6-12/h1-3,5-6,8-9,11,18-19H,10H2. The van der Waals surface area contributed by atoms with Gasteiger partial charge in [0, 0.05) is 11.0 Å². The molecule has 0 amide bonds. The van der Waals surface area contributed by atoms with Gasteiger partial charge in [0.15, 0.2) is 0 Å². The van der Waals surface area contributed by atoms with Crippen molar-refractivity contribution in [3.63, 3.8) is 0 Å². The van der Waals surface area contributed by atoms with Crippen molar-refractivity contribution in [2.75, 3.05) is 6.61 Å². The minimum Gasteiger partial charge on any atom is -0.481 e. The van der Waals surface area contributed by atoms with Crippen LogP contribution in [0.2, 0.25) is 0 Å².